The third kappa shape index (κ3) is 5.22. The molecule has 1 fully saturated rings. The van der Waals surface area contributed by atoms with Crippen LogP contribution in [0.3, 0.4) is 0 Å². The van der Waals surface area contributed by atoms with Crippen molar-refractivity contribution >= 4 is 38.5 Å². The van der Waals surface area contributed by atoms with E-state index in [9.17, 15) is 18.3 Å². The second-order valence-corrected chi connectivity index (χ2v) is 11.4. The van der Waals surface area contributed by atoms with Crippen LogP contribution in [0.5, 0.6) is 0 Å². The van der Waals surface area contributed by atoms with Crippen LogP contribution in [-0.2, 0) is 26.0 Å². The summed E-state index contributed by atoms with van der Waals surface area (Å²) < 4.78 is 33.1. The Morgan fingerprint density at radius 3 is 2.35 bits per heavy atom. The van der Waals surface area contributed by atoms with E-state index in [1.807, 2.05) is 0 Å². The number of carbonyl (C=O) groups excluding carboxylic acids is 1. The van der Waals surface area contributed by atoms with E-state index in [1.54, 1.807) is 24.3 Å². The molecule has 188 valence electrons. The summed E-state index contributed by atoms with van der Waals surface area (Å²) in [6.45, 7) is 1.80. The Kier molecular flexibility index (Phi) is 8.55. The summed E-state index contributed by atoms with van der Waals surface area (Å²) >= 11 is 6.19. The summed E-state index contributed by atoms with van der Waals surface area (Å²) in [6.07, 6.45) is 6.36. The quantitative estimate of drug-likeness (QED) is 0.482. The molecule has 0 aromatic heterocycles. The number of aliphatic hydroxyl groups is 1. The molecular weight excluding hydrogens is 478 g/mol. The van der Waals surface area contributed by atoms with Gasteiger partial charge in [0.15, 0.2) is 5.66 Å². The monoisotopic (exact) mass is 511 g/mol. The molecule has 1 aliphatic heterocycles. The van der Waals surface area contributed by atoms with Gasteiger partial charge in [-0.1, -0.05) is 56.3 Å². The SMILES string of the molecule is CCCCC1(Cc2ccc(S(=O)(=O)N(C)C3(C(=O)OC)CCCCC3)cc2)N=C(Cl)C(CO)=N1. The zero-order valence-corrected chi connectivity index (χ0v) is 21.7. The number of esters is 1. The lowest BCUT2D eigenvalue weighted by Gasteiger charge is -2.40. The number of carbonyl (C=O) groups is 1. The van der Waals surface area contributed by atoms with E-state index in [4.69, 9.17) is 16.3 Å². The molecule has 1 unspecified atom stereocenters. The van der Waals surface area contributed by atoms with E-state index < -0.39 is 27.2 Å². The van der Waals surface area contributed by atoms with Gasteiger partial charge in [-0.15, -0.1) is 0 Å². The molecule has 0 radical (unpaired) electrons. The maximum atomic E-state index is 13.5. The van der Waals surface area contributed by atoms with Gasteiger partial charge in [-0.3, -0.25) is 9.79 Å². The number of likely N-dealkylation sites (N-methyl/N-ethyl adjacent to an activating group) is 1. The third-order valence-electron chi connectivity index (χ3n) is 6.89. The van der Waals surface area contributed by atoms with Crippen molar-refractivity contribution in [2.24, 2.45) is 9.98 Å². The second kappa shape index (κ2) is 10.8. The van der Waals surface area contributed by atoms with Gasteiger partial charge < -0.3 is 9.84 Å². The normalized spacial score (nSPS) is 22.4. The van der Waals surface area contributed by atoms with Gasteiger partial charge in [0.2, 0.25) is 10.0 Å². The van der Waals surface area contributed by atoms with Gasteiger partial charge in [0.1, 0.15) is 16.4 Å². The highest BCUT2D eigenvalue weighted by Crippen LogP contribution is 2.38. The zero-order chi connectivity index (χ0) is 25.0. The van der Waals surface area contributed by atoms with Crippen molar-refractivity contribution in [2.45, 2.75) is 80.8 Å². The average Bonchev–Trinajstić information content (AvgIpc) is 3.17. The van der Waals surface area contributed by atoms with Crippen molar-refractivity contribution in [3.05, 3.63) is 29.8 Å². The minimum atomic E-state index is -3.92. The van der Waals surface area contributed by atoms with Crippen LogP contribution in [-0.4, -0.2) is 66.6 Å². The molecule has 1 saturated carbocycles. The van der Waals surface area contributed by atoms with E-state index in [0.29, 0.717) is 31.4 Å². The lowest BCUT2D eigenvalue weighted by Crippen LogP contribution is -2.56. The largest absolute Gasteiger partial charge is 0.468 e. The molecule has 3 rings (SSSR count). The minimum Gasteiger partial charge on any atom is -0.468 e. The Labute approximate surface area is 207 Å². The smallest absolute Gasteiger partial charge is 0.327 e. The van der Waals surface area contributed by atoms with Gasteiger partial charge in [0.05, 0.1) is 18.6 Å². The van der Waals surface area contributed by atoms with Crippen LogP contribution in [0.1, 0.15) is 63.9 Å². The fraction of sp³-hybridized carbons (Fsp3) is 0.625. The number of methoxy groups -OCH3 is 1. The molecule has 10 heteroatoms. The molecule has 1 aromatic carbocycles. The first-order chi connectivity index (χ1) is 16.1. The van der Waals surface area contributed by atoms with Crippen LogP contribution < -0.4 is 0 Å². The molecule has 34 heavy (non-hydrogen) atoms. The predicted molar refractivity (Wildman–Crippen MR) is 133 cm³/mol. The highest BCUT2D eigenvalue weighted by molar-refractivity contribution is 7.89. The number of rotatable bonds is 10. The number of halogens is 1. The number of benzene rings is 1. The van der Waals surface area contributed by atoms with Gasteiger partial charge in [0, 0.05) is 13.5 Å². The predicted octanol–water partition coefficient (Wildman–Crippen LogP) is 3.70. The van der Waals surface area contributed by atoms with Crippen LogP contribution in [0.2, 0.25) is 0 Å². The molecule has 1 heterocycles. The Morgan fingerprint density at radius 2 is 1.82 bits per heavy atom. The zero-order valence-electron chi connectivity index (χ0n) is 20.1. The summed E-state index contributed by atoms with van der Waals surface area (Å²) in [5.74, 6) is -0.513. The molecule has 0 amide bonds. The summed E-state index contributed by atoms with van der Waals surface area (Å²) in [5, 5.41) is 9.75. The molecule has 0 spiro atoms. The lowest BCUT2D eigenvalue weighted by molar-refractivity contribution is -0.153. The molecule has 0 bridgehead atoms. The number of sulfonamides is 1. The van der Waals surface area contributed by atoms with Gasteiger partial charge >= 0.3 is 5.97 Å². The highest BCUT2D eigenvalue weighted by atomic mass is 35.5. The second-order valence-electron chi connectivity index (χ2n) is 9.08. The number of hydrogen-bond donors (Lipinski definition) is 1. The van der Waals surface area contributed by atoms with E-state index in [1.165, 1.54) is 18.5 Å². The number of unbranched alkanes of at least 4 members (excludes halogenated alkanes) is 1. The summed E-state index contributed by atoms with van der Waals surface area (Å²) in [4.78, 5) is 21.9. The van der Waals surface area contributed by atoms with Crippen LogP contribution in [0.25, 0.3) is 0 Å². The number of aliphatic hydroxyl groups excluding tert-OH is 1. The standard InChI is InChI=1S/C24H34ClN3O5S/c1-4-5-15-24(26-20(17-29)21(25)27-24)16-18-9-11-19(12-10-18)34(31,32)28(2)23(22(30)33-3)13-7-6-8-14-23/h9-12,29H,4-8,13-17H2,1-3H3. The van der Waals surface area contributed by atoms with Crippen molar-refractivity contribution in [1.29, 1.82) is 0 Å². The van der Waals surface area contributed by atoms with Crippen LogP contribution >= 0.6 is 11.6 Å². The molecule has 2 aliphatic rings. The van der Waals surface area contributed by atoms with Crippen LogP contribution in [0.15, 0.2) is 39.1 Å². The fourth-order valence-electron chi connectivity index (χ4n) is 4.88. The molecule has 8 nitrogen and oxygen atoms in total. The first-order valence-corrected chi connectivity index (χ1v) is 13.6. The Morgan fingerprint density at radius 1 is 1.18 bits per heavy atom. The number of hydrogen-bond acceptors (Lipinski definition) is 7. The molecule has 1 aliphatic carbocycles. The van der Waals surface area contributed by atoms with Crippen molar-refractivity contribution in [2.75, 3.05) is 20.8 Å². The summed E-state index contributed by atoms with van der Waals surface area (Å²) in [7, 11) is -1.16. The minimum absolute atomic E-state index is 0.114. The number of ether oxygens (including phenoxy) is 1. The van der Waals surface area contributed by atoms with E-state index in [0.717, 1.165) is 37.7 Å². The lowest BCUT2D eigenvalue weighted by atomic mass is 9.82. The van der Waals surface area contributed by atoms with E-state index in [2.05, 4.69) is 16.9 Å². The third-order valence-corrected chi connectivity index (χ3v) is 9.13. The summed E-state index contributed by atoms with van der Waals surface area (Å²) in [5.41, 5.74) is -0.743. The molecule has 0 saturated heterocycles. The van der Waals surface area contributed by atoms with Gasteiger partial charge in [-0.05, 0) is 43.4 Å². The Balaban J connectivity index is 1.86. The van der Waals surface area contributed by atoms with Crippen molar-refractivity contribution in [3.63, 3.8) is 0 Å². The topological polar surface area (TPSA) is 109 Å². The van der Waals surface area contributed by atoms with Crippen molar-refractivity contribution < 1.29 is 23.1 Å². The average molecular weight is 512 g/mol. The fourth-order valence-corrected chi connectivity index (χ4v) is 6.65. The number of aliphatic imine (C=N–C) groups is 2. The molecule has 1 atom stereocenters. The van der Waals surface area contributed by atoms with Crippen molar-refractivity contribution in [1.82, 2.24) is 4.31 Å². The van der Waals surface area contributed by atoms with Crippen LogP contribution in [0, 0.1) is 0 Å². The molecular formula is C24H34ClN3O5S. The van der Waals surface area contributed by atoms with Gasteiger partial charge in [0.25, 0.3) is 0 Å². The van der Waals surface area contributed by atoms with Crippen molar-refractivity contribution in [3.8, 4) is 0 Å². The first kappa shape index (κ1) is 26.8. The van der Waals surface area contributed by atoms with E-state index >= 15 is 0 Å². The number of nitrogens with zero attached hydrogens (tertiary/aromatic N) is 3. The maximum absolute atomic E-state index is 13.5. The van der Waals surface area contributed by atoms with Gasteiger partial charge in [-0.25, -0.2) is 13.4 Å². The maximum Gasteiger partial charge on any atom is 0.327 e. The highest BCUT2D eigenvalue weighted by Gasteiger charge is 2.49. The first-order valence-electron chi connectivity index (χ1n) is 11.8. The van der Waals surface area contributed by atoms with Gasteiger partial charge in [-0.2, -0.15) is 4.31 Å². The Hall–Kier alpha value is -1.81. The molecule has 1 N–H and O–H groups in total. The molecule has 1 aromatic rings. The Bertz CT molecular complexity index is 1050. The van der Waals surface area contributed by atoms with Crippen LogP contribution in [0.4, 0.5) is 0 Å². The summed E-state index contributed by atoms with van der Waals surface area (Å²) in [6, 6.07) is 6.60. The van der Waals surface area contributed by atoms with E-state index in [-0.39, 0.29) is 16.7 Å².